The number of sulfone groups is 1. The van der Waals surface area contributed by atoms with Gasteiger partial charge in [-0.05, 0) is 24.3 Å². The molecule has 20 heavy (non-hydrogen) atoms. The van der Waals surface area contributed by atoms with Gasteiger partial charge in [0.05, 0.1) is 17.1 Å². The standard InChI is InChI=1S/C12H15NO6S/c1-2-20(18,19)9-5-3-8(4-6-9)13-10(12(16)17)7-11(14)15/h3-6,10,13H,2,7H2,1H3,(H,14,15)(H,16,17). The maximum atomic E-state index is 11.6. The van der Waals surface area contributed by atoms with Crippen molar-refractivity contribution < 1.29 is 28.2 Å². The highest BCUT2D eigenvalue weighted by atomic mass is 32.2. The third-order valence-corrected chi connectivity index (χ3v) is 4.36. The van der Waals surface area contributed by atoms with Gasteiger partial charge >= 0.3 is 11.9 Å². The topological polar surface area (TPSA) is 121 Å². The summed E-state index contributed by atoms with van der Waals surface area (Å²) in [5.41, 5.74) is 0.341. The summed E-state index contributed by atoms with van der Waals surface area (Å²) in [6.07, 6.45) is -0.579. The number of hydrogen-bond acceptors (Lipinski definition) is 5. The van der Waals surface area contributed by atoms with Crippen LogP contribution in [0.15, 0.2) is 29.2 Å². The summed E-state index contributed by atoms with van der Waals surface area (Å²) >= 11 is 0. The van der Waals surface area contributed by atoms with E-state index >= 15 is 0 Å². The Labute approximate surface area is 116 Å². The molecular formula is C12H15NO6S. The highest BCUT2D eigenvalue weighted by molar-refractivity contribution is 7.91. The molecular weight excluding hydrogens is 286 g/mol. The molecule has 0 aromatic heterocycles. The molecule has 1 unspecified atom stereocenters. The Bertz CT molecular complexity index is 593. The molecule has 0 aliphatic rings. The highest BCUT2D eigenvalue weighted by Gasteiger charge is 2.21. The lowest BCUT2D eigenvalue weighted by Crippen LogP contribution is -2.31. The molecule has 0 amide bonds. The summed E-state index contributed by atoms with van der Waals surface area (Å²) in [6, 6.07) is 4.23. The normalized spacial score (nSPS) is 12.7. The second kappa shape index (κ2) is 6.38. The lowest BCUT2D eigenvalue weighted by molar-refractivity contribution is -0.144. The number of anilines is 1. The molecule has 0 saturated carbocycles. The molecule has 110 valence electrons. The van der Waals surface area contributed by atoms with E-state index in [2.05, 4.69) is 5.32 Å². The first-order valence-electron chi connectivity index (χ1n) is 5.80. The van der Waals surface area contributed by atoms with Crippen LogP contribution in [0.1, 0.15) is 13.3 Å². The SMILES string of the molecule is CCS(=O)(=O)c1ccc(NC(CC(=O)O)C(=O)O)cc1. The number of hydrogen-bond donors (Lipinski definition) is 3. The van der Waals surface area contributed by atoms with Crippen LogP contribution in [0.5, 0.6) is 0 Å². The number of aliphatic carboxylic acids is 2. The van der Waals surface area contributed by atoms with Gasteiger partial charge in [-0.1, -0.05) is 6.92 Å². The lowest BCUT2D eigenvalue weighted by atomic mass is 10.2. The van der Waals surface area contributed by atoms with Crippen LogP contribution in [0.3, 0.4) is 0 Å². The van der Waals surface area contributed by atoms with Gasteiger partial charge in [0.1, 0.15) is 6.04 Å². The molecule has 1 rings (SSSR count). The Hall–Kier alpha value is -2.09. The van der Waals surface area contributed by atoms with Crippen LogP contribution in [-0.2, 0) is 19.4 Å². The van der Waals surface area contributed by atoms with Gasteiger partial charge in [0, 0.05) is 5.69 Å². The smallest absolute Gasteiger partial charge is 0.326 e. The molecule has 1 atom stereocenters. The number of carbonyl (C=O) groups is 2. The first-order valence-corrected chi connectivity index (χ1v) is 7.45. The monoisotopic (exact) mass is 301 g/mol. The maximum absolute atomic E-state index is 11.6. The molecule has 0 bridgehead atoms. The molecule has 0 radical (unpaired) electrons. The zero-order valence-corrected chi connectivity index (χ0v) is 11.6. The van der Waals surface area contributed by atoms with Gasteiger partial charge in [0.15, 0.2) is 9.84 Å². The summed E-state index contributed by atoms with van der Waals surface area (Å²) in [5.74, 6) is -2.57. The van der Waals surface area contributed by atoms with Crippen molar-refractivity contribution in [2.24, 2.45) is 0 Å². The van der Waals surface area contributed by atoms with Crippen LogP contribution in [-0.4, -0.2) is 42.4 Å². The number of carboxylic acid groups (broad SMARTS) is 2. The Morgan fingerprint density at radius 2 is 1.75 bits per heavy atom. The van der Waals surface area contributed by atoms with Gasteiger partial charge in [0.2, 0.25) is 0 Å². The first kappa shape index (κ1) is 16.0. The van der Waals surface area contributed by atoms with Crippen molar-refractivity contribution in [2.75, 3.05) is 11.1 Å². The predicted octanol–water partition coefficient (Wildman–Crippen LogP) is 0.820. The maximum Gasteiger partial charge on any atom is 0.326 e. The quantitative estimate of drug-likeness (QED) is 0.681. The molecule has 0 heterocycles. The van der Waals surface area contributed by atoms with Crippen molar-refractivity contribution in [3.8, 4) is 0 Å². The van der Waals surface area contributed by atoms with E-state index in [9.17, 15) is 18.0 Å². The van der Waals surface area contributed by atoms with E-state index in [0.717, 1.165) is 0 Å². The fourth-order valence-corrected chi connectivity index (χ4v) is 2.39. The Kier molecular flexibility index (Phi) is 5.09. The fraction of sp³-hybridized carbons (Fsp3) is 0.333. The van der Waals surface area contributed by atoms with Gasteiger partial charge in [0.25, 0.3) is 0 Å². The number of nitrogens with one attached hydrogen (secondary N) is 1. The van der Waals surface area contributed by atoms with Crippen LogP contribution < -0.4 is 5.32 Å². The molecule has 0 saturated heterocycles. The van der Waals surface area contributed by atoms with Gasteiger partial charge in [-0.15, -0.1) is 0 Å². The third kappa shape index (κ3) is 4.23. The summed E-state index contributed by atoms with van der Waals surface area (Å²) in [6.45, 7) is 1.52. The van der Waals surface area contributed by atoms with E-state index < -0.39 is 34.2 Å². The van der Waals surface area contributed by atoms with Crippen LogP contribution in [0.25, 0.3) is 0 Å². The minimum Gasteiger partial charge on any atom is -0.481 e. The molecule has 0 aliphatic carbocycles. The molecule has 3 N–H and O–H groups in total. The van der Waals surface area contributed by atoms with Gasteiger partial charge in [-0.2, -0.15) is 0 Å². The minimum absolute atomic E-state index is 0.0312. The van der Waals surface area contributed by atoms with Crippen molar-refractivity contribution in [1.82, 2.24) is 0 Å². The molecule has 0 fully saturated rings. The largest absolute Gasteiger partial charge is 0.481 e. The summed E-state index contributed by atoms with van der Waals surface area (Å²) in [7, 11) is -3.32. The summed E-state index contributed by atoms with van der Waals surface area (Å²) in [4.78, 5) is 21.6. The van der Waals surface area contributed by atoms with Crippen molar-refractivity contribution in [3.63, 3.8) is 0 Å². The molecule has 1 aromatic carbocycles. The number of benzene rings is 1. The second-order valence-corrected chi connectivity index (χ2v) is 6.34. The Morgan fingerprint density at radius 3 is 2.15 bits per heavy atom. The van der Waals surface area contributed by atoms with Crippen LogP contribution in [0.2, 0.25) is 0 Å². The third-order valence-electron chi connectivity index (χ3n) is 2.61. The van der Waals surface area contributed by atoms with E-state index in [4.69, 9.17) is 10.2 Å². The van der Waals surface area contributed by atoms with E-state index in [-0.39, 0.29) is 10.6 Å². The second-order valence-electron chi connectivity index (χ2n) is 4.06. The van der Waals surface area contributed by atoms with Crippen LogP contribution in [0.4, 0.5) is 5.69 Å². The van der Waals surface area contributed by atoms with Gasteiger partial charge in [-0.25, -0.2) is 13.2 Å². The van der Waals surface area contributed by atoms with Crippen LogP contribution in [0, 0.1) is 0 Å². The molecule has 7 nitrogen and oxygen atoms in total. The van der Waals surface area contributed by atoms with E-state index in [1.54, 1.807) is 0 Å². The fourth-order valence-electron chi connectivity index (χ4n) is 1.50. The average Bonchev–Trinajstić information content (AvgIpc) is 2.38. The van der Waals surface area contributed by atoms with Gasteiger partial charge in [-0.3, -0.25) is 4.79 Å². The van der Waals surface area contributed by atoms with Gasteiger partial charge < -0.3 is 15.5 Å². The number of carboxylic acids is 2. The Balaban J connectivity index is 2.88. The zero-order chi connectivity index (χ0) is 15.3. The minimum atomic E-state index is -3.32. The molecule has 0 aliphatic heterocycles. The van der Waals surface area contributed by atoms with E-state index in [1.807, 2.05) is 0 Å². The van der Waals surface area contributed by atoms with Crippen molar-refractivity contribution in [1.29, 1.82) is 0 Å². The highest BCUT2D eigenvalue weighted by Crippen LogP contribution is 2.16. The van der Waals surface area contributed by atoms with E-state index in [0.29, 0.717) is 5.69 Å². The van der Waals surface area contributed by atoms with Crippen molar-refractivity contribution in [3.05, 3.63) is 24.3 Å². The average molecular weight is 301 g/mol. The first-order chi connectivity index (χ1) is 9.26. The zero-order valence-electron chi connectivity index (χ0n) is 10.7. The Morgan fingerprint density at radius 1 is 1.20 bits per heavy atom. The molecule has 8 heteroatoms. The predicted molar refractivity (Wildman–Crippen MR) is 71.5 cm³/mol. The molecule has 0 spiro atoms. The lowest BCUT2D eigenvalue weighted by Gasteiger charge is -2.14. The summed E-state index contributed by atoms with van der Waals surface area (Å²) in [5, 5.41) is 20.0. The molecule has 1 aromatic rings. The van der Waals surface area contributed by atoms with Crippen LogP contribution >= 0.6 is 0 Å². The van der Waals surface area contributed by atoms with Crippen molar-refractivity contribution in [2.45, 2.75) is 24.3 Å². The van der Waals surface area contributed by atoms with E-state index in [1.165, 1.54) is 31.2 Å². The summed E-state index contributed by atoms with van der Waals surface area (Å²) < 4.78 is 23.2. The number of rotatable bonds is 7. The van der Waals surface area contributed by atoms with Crippen molar-refractivity contribution >= 4 is 27.5 Å².